The predicted molar refractivity (Wildman–Crippen MR) is 115 cm³/mol. The van der Waals surface area contributed by atoms with Crippen molar-refractivity contribution in [2.24, 2.45) is 0 Å². The van der Waals surface area contributed by atoms with Crippen LogP contribution in [0, 0.1) is 0 Å². The number of ether oxygens (including phenoxy) is 3. The van der Waals surface area contributed by atoms with Gasteiger partial charge in [-0.3, -0.25) is 0 Å². The van der Waals surface area contributed by atoms with E-state index in [1.54, 1.807) is 0 Å². The van der Waals surface area contributed by atoms with Crippen LogP contribution in [0.1, 0.15) is 65.0 Å². The molecule has 5 heteroatoms. The van der Waals surface area contributed by atoms with Gasteiger partial charge in [-0.25, -0.2) is 0 Å². The van der Waals surface area contributed by atoms with E-state index >= 15 is 0 Å². The summed E-state index contributed by atoms with van der Waals surface area (Å²) in [6.07, 6.45) is 8.85. The second kappa shape index (κ2) is 10.6. The van der Waals surface area contributed by atoms with E-state index in [0.29, 0.717) is 25.9 Å². The molecule has 1 aliphatic rings. The maximum absolute atomic E-state index is 6.07. The summed E-state index contributed by atoms with van der Waals surface area (Å²) in [5.41, 5.74) is 2.20. The maximum atomic E-state index is 6.07. The lowest BCUT2D eigenvalue weighted by Gasteiger charge is -2.22. The van der Waals surface area contributed by atoms with Gasteiger partial charge in [-0.15, -0.1) is 0 Å². The van der Waals surface area contributed by atoms with Crippen LogP contribution in [0.3, 0.4) is 0 Å². The topological polar surface area (TPSA) is 55.5 Å². The fourth-order valence-corrected chi connectivity index (χ4v) is 4.18. The molecule has 1 aromatic carbocycles. The van der Waals surface area contributed by atoms with Crippen LogP contribution < -0.4 is 19.5 Å². The standard InChI is InChI=1S/C23H36N2O3/c1-4-26-20-15-14-18-21(23(20)28-6-3)22(27-5-2)19(25-18)13-10-16-24-17-11-8-7-9-12-17/h14-15,17,24-25H,4-13,16H2,1-3H3. The van der Waals surface area contributed by atoms with Gasteiger partial charge in [0.05, 0.1) is 36.4 Å². The Balaban J connectivity index is 1.77. The summed E-state index contributed by atoms with van der Waals surface area (Å²) in [6, 6.07) is 4.76. The molecule has 1 aliphatic carbocycles. The lowest BCUT2D eigenvalue weighted by atomic mass is 9.95. The minimum absolute atomic E-state index is 0.594. The molecular weight excluding hydrogens is 352 g/mol. The number of hydrogen-bond donors (Lipinski definition) is 2. The molecule has 0 amide bonds. The molecule has 0 aliphatic heterocycles. The number of fused-ring (bicyclic) bond motifs is 1. The van der Waals surface area contributed by atoms with E-state index in [1.165, 1.54) is 32.1 Å². The molecule has 3 rings (SSSR count). The number of aromatic nitrogens is 1. The summed E-state index contributed by atoms with van der Waals surface area (Å²) in [5.74, 6) is 2.48. The smallest absolute Gasteiger partial charge is 0.174 e. The average Bonchev–Trinajstić information content (AvgIpc) is 3.06. The predicted octanol–water partition coefficient (Wildman–Crippen LogP) is 5.22. The van der Waals surface area contributed by atoms with Crippen molar-refractivity contribution in [3.05, 3.63) is 17.8 Å². The fourth-order valence-electron chi connectivity index (χ4n) is 4.18. The fraction of sp³-hybridized carbons (Fsp3) is 0.652. The average molecular weight is 389 g/mol. The van der Waals surface area contributed by atoms with E-state index in [2.05, 4.69) is 16.4 Å². The summed E-state index contributed by atoms with van der Waals surface area (Å²) in [4.78, 5) is 3.57. The Morgan fingerprint density at radius 2 is 1.64 bits per heavy atom. The Kier molecular flexibility index (Phi) is 7.90. The zero-order valence-electron chi connectivity index (χ0n) is 17.7. The minimum atomic E-state index is 0.594. The van der Waals surface area contributed by atoms with Crippen molar-refractivity contribution >= 4 is 10.9 Å². The Labute approximate surface area is 169 Å². The molecule has 1 heterocycles. The first kappa shape index (κ1) is 20.8. The summed E-state index contributed by atoms with van der Waals surface area (Å²) in [6.45, 7) is 8.90. The molecule has 0 radical (unpaired) electrons. The molecule has 2 aromatic rings. The summed E-state index contributed by atoms with van der Waals surface area (Å²) < 4.78 is 17.8. The zero-order chi connectivity index (χ0) is 19.8. The van der Waals surface area contributed by atoms with Crippen LogP contribution in [-0.4, -0.2) is 37.4 Å². The molecule has 1 fully saturated rings. The first-order valence-electron chi connectivity index (χ1n) is 11.1. The molecule has 2 N–H and O–H groups in total. The highest BCUT2D eigenvalue weighted by Gasteiger charge is 2.20. The van der Waals surface area contributed by atoms with Gasteiger partial charge in [-0.2, -0.15) is 0 Å². The number of benzene rings is 1. The molecule has 0 bridgehead atoms. The van der Waals surface area contributed by atoms with Gasteiger partial charge in [-0.05, 0) is 65.1 Å². The molecule has 0 spiro atoms. The number of H-pyrrole nitrogens is 1. The highest BCUT2D eigenvalue weighted by molar-refractivity contribution is 5.95. The van der Waals surface area contributed by atoms with E-state index in [-0.39, 0.29) is 0 Å². The molecule has 0 unspecified atom stereocenters. The summed E-state index contributed by atoms with van der Waals surface area (Å²) >= 11 is 0. The lowest BCUT2D eigenvalue weighted by molar-refractivity contribution is 0.289. The van der Waals surface area contributed by atoms with Crippen LogP contribution in [0.15, 0.2) is 12.1 Å². The van der Waals surface area contributed by atoms with Crippen LogP contribution in [-0.2, 0) is 6.42 Å². The van der Waals surface area contributed by atoms with Crippen molar-refractivity contribution in [2.45, 2.75) is 71.8 Å². The van der Waals surface area contributed by atoms with Gasteiger partial charge in [0.25, 0.3) is 0 Å². The SMILES string of the molecule is CCOc1ccc2[nH]c(CCCNC3CCCCC3)c(OCC)c2c1OCC. The van der Waals surface area contributed by atoms with Gasteiger partial charge in [-0.1, -0.05) is 19.3 Å². The summed E-state index contributed by atoms with van der Waals surface area (Å²) in [7, 11) is 0. The third-order valence-corrected chi connectivity index (χ3v) is 5.43. The molecule has 156 valence electrons. The second-order valence-electron chi connectivity index (χ2n) is 7.44. The molecule has 5 nitrogen and oxygen atoms in total. The van der Waals surface area contributed by atoms with Gasteiger partial charge >= 0.3 is 0 Å². The van der Waals surface area contributed by atoms with E-state index in [4.69, 9.17) is 14.2 Å². The van der Waals surface area contributed by atoms with Gasteiger partial charge in [0.15, 0.2) is 17.2 Å². The maximum Gasteiger partial charge on any atom is 0.174 e. The monoisotopic (exact) mass is 388 g/mol. The van der Waals surface area contributed by atoms with Crippen LogP contribution in [0.25, 0.3) is 10.9 Å². The number of aryl methyl sites for hydroxylation is 1. The van der Waals surface area contributed by atoms with E-state index in [1.807, 2.05) is 26.8 Å². The van der Waals surface area contributed by atoms with Crippen molar-refractivity contribution in [3.63, 3.8) is 0 Å². The van der Waals surface area contributed by atoms with Crippen molar-refractivity contribution in [1.29, 1.82) is 0 Å². The molecule has 0 atom stereocenters. The van der Waals surface area contributed by atoms with Gasteiger partial charge in [0.1, 0.15) is 0 Å². The molecule has 1 saturated carbocycles. The first-order chi connectivity index (χ1) is 13.8. The first-order valence-corrected chi connectivity index (χ1v) is 11.1. The van der Waals surface area contributed by atoms with Crippen molar-refractivity contribution < 1.29 is 14.2 Å². The Morgan fingerprint density at radius 3 is 2.36 bits per heavy atom. The molecule has 1 aromatic heterocycles. The zero-order valence-corrected chi connectivity index (χ0v) is 17.7. The quantitative estimate of drug-likeness (QED) is 0.518. The minimum Gasteiger partial charge on any atom is -0.491 e. The normalized spacial score (nSPS) is 15.1. The lowest BCUT2D eigenvalue weighted by Crippen LogP contribution is -2.31. The van der Waals surface area contributed by atoms with Crippen molar-refractivity contribution in [1.82, 2.24) is 10.3 Å². The highest BCUT2D eigenvalue weighted by Crippen LogP contribution is 2.43. The highest BCUT2D eigenvalue weighted by atomic mass is 16.5. The van der Waals surface area contributed by atoms with Gasteiger partial charge in [0.2, 0.25) is 0 Å². The third-order valence-electron chi connectivity index (χ3n) is 5.43. The number of rotatable bonds is 11. The molecular formula is C23H36N2O3. The number of aromatic amines is 1. The second-order valence-corrected chi connectivity index (χ2v) is 7.44. The van der Waals surface area contributed by atoms with Crippen LogP contribution in [0.5, 0.6) is 17.2 Å². The number of nitrogens with one attached hydrogen (secondary N) is 2. The van der Waals surface area contributed by atoms with E-state index < -0.39 is 0 Å². The Hall–Kier alpha value is -1.88. The van der Waals surface area contributed by atoms with Crippen LogP contribution in [0.2, 0.25) is 0 Å². The van der Waals surface area contributed by atoms with Crippen LogP contribution in [0.4, 0.5) is 0 Å². The molecule has 0 saturated heterocycles. The van der Waals surface area contributed by atoms with Gasteiger partial charge in [0, 0.05) is 6.04 Å². The summed E-state index contributed by atoms with van der Waals surface area (Å²) in [5, 5.41) is 4.74. The molecule has 28 heavy (non-hydrogen) atoms. The van der Waals surface area contributed by atoms with Gasteiger partial charge < -0.3 is 24.5 Å². The Morgan fingerprint density at radius 1 is 0.929 bits per heavy atom. The van der Waals surface area contributed by atoms with Crippen molar-refractivity contribution in [3.8, 4) is 17.2 Å². The number of hydrogen-bond acceptors (Lipinski definition) is 4. The van der Waals surface area contributed by atoms with Crippen molar-refractivity contribution in [2.75, 3.05) is 26.4 Å². The van der Waals surface area contributed by atoms with E-state index in [9.17, 15) is 0 Å². The Bertz CT molecular complexity index is 735. The van der Waals surface area contributed by atoms with Crippen LogP contribution >= 0.6 is 0 Å². The third kappa shape index (κ3) is 4.93. The van der Waals surface area contributed by atoms with E-state index in [0.717, 1.165) is 53.2 Å². The largest absolute Gasteiger partial charge is 0.491 e.